The molecule has 0 amide bonds. The third-order valence-electron chi connectivity index (χ3n) is 2.56. The predicted octanol–water partition coefficient (Wildman–Crippen LogP) is 0.153. The summed E-state index contributed by atoms with van der Waals surface area (Å²) in [6.07, 6.45) is 2.27. The molecular weight excluding hydrogens is 245 g/mol. The number of hydrogen-bond acceptors (Lipinski definition) is 5. The van der Waals surface area contributed by atoms with Gasteiger partial charge in [-0.05, 0) is 29.7 Å². The first kappa shape index (κ1) is 13.3. The normalized spacial score (nSPS) is 10.0. The molecule has 1 aromatic heterocycles. The second-order valence-corrected chi connectivity index (χ2v) is 3.90. The number of aromatic nitrogens is 1. The maximum Gasteiger partial charge on any atom is 0.488 e. The Kier molecular flexibility index (Phi) is 4.28. The van der Waals surface area contributed by atoms with E-state index < -0.39 is 7.12 Å². The zero-order valence-electron chi connectivity index (χ0n) is 10.1. The van der Waals surface area contributed by atoms with Gasteiger partial charge in [0.2, 0.25) is 0 Å². The molecule has 0 fully saturated rings. The average Bonchev–Trinajstić information content (AvgIpc) is 2.45. The molecule has 0 bridgehead atoms. The molecule has 0 aliphatic rings. The molecule has 96 valence electrons. The lowest BCUT2D eigenvalue weighted by molar-refractivity contribution is 0.111. The van der Waals surface area contributed by atoms with Crippen molar-refractivity contribution < 1.29 is 19.6 Å². The van der Waals surface area contributed by atoms with Crippen molar-refractivity contribution in [2.45, 2.75) is 6.61 Å². The maximum atomic E-state index is 11.0. The van der Waals surface area contributed by atoms with Crippen LogP contribution in [0.5, 0.6) is 5.75 Å². The monoisotopic (exact) mass is 257 g/mol. The Morgan fingerprint density at radius 3 is 2.74 bits per heavy atom. The van der Waals surface area contributed by atoms with Crippen LogP contribution >= 0.6 is 0 Å². The van der Waals surface area contributed by atoms with Crippen LogP contribution < -0.4 is 10.2 Å². The lowest BCUT2D eigenvalue weighted by Crippen LogP contribution is -2.30. The van der Waals surface area contributed by atoms with Crippen molar-refractivity contribution >= 4 is 18.9 Å². The number of carbonyl (C=O) groups is 1. The highest BCUT2D eigenvalue weighted by atomic mass is 16.5. The van der Waals surface area contributed by atoms with Crippen molar-refractivity contribution in [3.8, 4) is 5.75 Å². The number of aldehydes is 1. The minimum Gasteiger partial charge on any atom is -0.487 e. The first-order valence-electron chi connectivity index (χ1n) is 5.68. The first-order chi connectivity index (χ1) is 9.20. The molecule has 0 saturated carbocycles. The van der Waals surface area contributed by atoms with E-state index in [0.29, 0.717) is 12.0 Å². The second-order valence-electron chi connectivity index (χ2n) is 3.90. The lowest BCUT2D eigenvalue weighted by atomic mass is 9.79. The molecule has 0 radical (unpaired) electrons. The first-order valence-corrected chi connectivity index (χ1v) is 5.68. The van der Waals surface area contributed by atoms with E-state index in [4.69, 9.17) is 14.8 Å². The second kappa shape index (κ2) is 6.13. The molecule has 6 heteroatoms. The van der Waals surface area contributed by atoms with Crippen LogP contribution in [0, 0.1) is 0 Å². The number of ether oxygens (including phenoxy) is 1. The van der Waals surface area contributed by atoms with Crippen molar-refractivity contribution in [1.29, 1.82) is 0 Å². The Morgan fingerprint density at radius 2 is 2.11 bits per heavy atom. The van der Waals surface area contributed by atoms with E-state index >= 15 is 0 Å². The SMILES string of the molecule is O=Cc1cc(B(O)O)ccc1OCc1ccccn1. The van der Waals surface area contributed by atoms with Gasteiger partial charge in [0.25, 0.3) is 0 Å². The number of pyridine rings is 1. The summed E-state index contributed by atoms with van der Waals surface area (Å²) < 4.78 is 5.49. The summed E-state index contributed by atoms with van der Waals surface area (Å²) in [5.74, 6) is 0.380. The van der Waals surface area contributed by atoms with Crippen LogP contribution in [0.4, 0.5) is 0 Å². The van der Waals surface area contributed by atoms with Gasteiger partial charge < -0.3 is 14.8 Å². The van der Waals surface area contributed by atoms with Crippen LogP contribution in [0.25, 0.3) is 0 Å². The molecule has 19 heavy (non-hydrogen) atoms. The molecule has 0 spiro atoms. The van der Waals surface area contributed by atoms with Crippen molar-refractivity contribution in [2.75, 3.05) is 0 Å². The van der Waals surface area contributed by atoms with E-state index in [2.05, 4.69) is 4.98 Å². The van der Waals surface area contributed by atoms with E-state index in [9.17, 15) is 4.79 Å². The molecule has 0 aliphatic carbocycles. The molecule has 0 atom stereocenters. The molecule has 1 aromatic carbocycles. The van der Waals surface area contributed by atoms with Crippen molar-refractivity contribution in [1.82, 2.24) is 4.98 Å². The quantitative estimate of drug-likeness (QED) is 0.588. The Bertz CT molecular complexity index is 560. The van der Waals surface area contributed by atoms with E-state index in [0.717, 1.165) is 5.69 Å². The molecule has 2 aromatic rings. The van der Waals surface area contributed by atoms with Gasteiger partial charge in [0.05, 0.1) is 11.3 Å². The van der Waals surface area contributed by atoms with Crippen molar-refractivity contribution in [3.63, 3.8) is 0 Å². The van der Waals surface area contributed by atoms with Gasteiger partial charge in [0.1, 0.15) is 12.4 Å². The van der Waals surface area contributed by atoms with Gasteiger partial charge >= 0.3 is 7.12 Å². The van der Waals surface area contributed by atoms with Gasteiger partial charge in [-0.25, -0.2) is 0 Å². The maximum absolute atomic E-state index is 11.0. The van der Waals surface area contributed by atoms with Crippen LogP contribution in [0.1, 0.15) is 16.1 Å². The highest BCUT2D eigenvalue weighted by Crippen LogP contribution is 2.16. The van der Waals surface area contributed by atoms with Gasteiger partial charge in [-0.1, -0.05) is 12.1 Å². The third-order valence-corrected chi connectivity index (χ3v) is 2.56. The molecule has 1 heterocycles. The summed E-state index contributed by atoms with van der Waals surface area (Å²) in [6.45, 7) is 0.239. The summed E-state index contributed by atoms with van der Waals surface area (Å²) in [4.78, 5) is 15.1. The summed E-state index contributed by atoms with van der Waals surface area (Å²) >= 11 is 0. The molecule has 0 unspecified atom stereocenters. The molecule has 5 nitrogen and oxygen atoms in total. The fourth-order valence-corrected chi connectivity index (χ4v) is 1.59. The Balaban J connectivity index is 2.14. The van der Waals surface area contributed by atoms with Crippen LogP contribution in [-0.2, 0) is 6.61 Å². The van der Waals surface area contributed by atoms with E-state index in [1.807, 2.05) is 12.1 Å². The number of carbonyl (C=O) groups excluding carboxylic acids is 1. The minimum absolute atomic E-state index is 0.239. The largest absolute Gasteiger partial charge is 0.488 e. The van der Waals surface area contributed by atoms with Crippen LogP contribution in [0.15, 0.2) is 42.6 Å². The summed E-state index contributed by atoms with van der Waals surface area (Å²) in [5.41, 5.74) is 1.25. The van der Waals surface area contributed by atoms with Gasteiger partial charge in [-0.2, -0.15) is 0 Å². The minimum atomic E-state index is -1.61. The lowest BCUT2D eigenvalue weighted by Gasteiger charge is -2.09. The molecule has 2 N–H and O–H groups in total. The smallest absolute Gasteiger partial charge is 0.487 e. The third kappa shape index (κ3) is 3.40. The van der Waals surface area contributed by atoms with Gasteiger partial charge in [0.15, 0.2) is 6.29 Å². The van der Waals surface area contributed by atoms with Crippen LogP contribution in [0.3, 0.4) is 0 Å². The average molecular weight is 257 g/mol. The number of nitrogens with zero attached hydrogens (tertiary/aromatic N) is 1. The van der Waals surface area contributed by atoms with Crippen LogP contribution in [-0.4, -0.2) is 28.4 Å². The zero-order chi connectivity index (χ0) is 13.7. The number of rotatable bonds is 5. The zero-order valence-corrected chi connectivity index (χ0v) is 10.1. The van der Waals surface area contributed by atoms with E-state index in [1.54, 1.807) is 12.3 Å². The Morgan fingerprint density at radius 1 is 1.26 bits per heavy atom. The highest BCUT2D eigenvalue weighted by molar-refractivity contribution is 6.58. The van der Waals surface area contributed by atoms with E-state index in [1.165, 1.54) is 18.2 Å². The van der Waals surface area contributed by atoms with E-state index in [-0.39, 0.29) is 17.6 Å². The Hall–Kier alpha value is -2.18. The summed E-state index contributed by atoms with van der Waals surface area (Å²) in [5, 5.41) is 18.1. The number of benzene rings is 1. The standard InChI is InChI=1S/C13H12BNO4/c16-8-10-7-11(14(17)18)4-5-13(10)19-9-12-3-1-2-6-15-12/h1-8,17-18H,9H2. The van der Waals surface area contributed by atoms with Crippen LogP contribution in [0.2, 0.25) is 0 Å². The van der Waals surface area contributed by atoms with Crippen molar-refractivity contribution in [2.24, 2.45) is 0 Å². The summed E-state index contributed by atoms with van der Waals surface area (Å²) in [7, 11) is -1.61. The fourth-order valence-electron chi connectivity index (χ4n) is 1.59. The molecule has 0 saturated heterocycles. The van der Waals surface area contributed by atoms with Gasteiger partial charge in [0, 0.05) is 6.20 Å². The van der Waals surface area contributed by atoms with Gasteiger partial charge in [-0.15, -0.1) is 0 Å². The summed E-state index contributed by atoms with van der Waals surface area (Å²) in [6, 6.07) is 9.86. The highest BCUT2D eigenvalue weighted by Gasteiger charge is 2.13. The van der Waals surface area contributed by atoms with Crippen molar-refractivity contribution in [3.05, 3.63) is 53.9 Å². The topological polar surface area (TPSA) is 79.7 Å². The Labute approximate surface area is 110 Å². The van der Waals surface area contributed by atoms with Gasteiger partial charge in [-0.3, -0.25) is 9.78 Å². The molecule has 2 rings (SSSR count). The molecule has 0 aliphatic heterocycles. The molecular formula is C13H12BNO4. The number of hydrogen-bond donors (Lipinski definition) is 2. The predicted molar refractivity (Wildman–Crippen MR) is 70.2 cm³/mol. The fraction of sp³-hybridized carbons (Fsp3) is 0.0769.